The molecule has 0 saturated carbocycles. The highest BCUT2D eigenvalue weighted by molar-refractivity contribution is 7.18. The van der Waals surface area contributed by atoms with Gasteiger partial charge in [-0.2, -0.15) is 0 Å². The van der Waals surface area contributed by atoms with Crippen molar-refractivity contribution in [3.05, 3.63) is 53.1 Å². The van der Waals surface area contributed by atoms with Gasteiger partial charge in [0.15, 0.2) is 6.61 Å². The molecule has 0 spiro atoms. The van der Waals surface area contributed by atoms with Gasteiger partial charge in [0.05, 0.1) is 7.11 Å². The van der Waals surface area contributed by atoms with Gasteiger partial charge in [-0.3, -0.25) is 10.1 Å². The zero-order valence-corrected chi connectivity index (χ0v) is 16.5. The van der Waals surface area contributed by atoms with Gasteiger partial charge in [0, 0.05) is 5.56 Å². The first-order valence-electron chi connectivity index (χ1n) is 8.44. The van der Waals surface area contributed by atoms with Gasteiger partial charge in [-0.15, -0.1) is 10.2 Å². The Hall–Kier alpha value is -2.93. The minimum atomic E-state index is -0.272. The standard InChI is InChI=1S/C20H21N3O3S/c1-12-9-13(2)14(3)17(10-12)26-11-18(24)21-20-23-22-19(27-20)15-5-7-16(25-4)8-6-15/h5-10H,11H2,1-4H3,(H,21,23,24). The van der Waals surface area contributed by atoms with Crippen LogP contribution in [0.2, 0.25) is 0 Å². The molecule has 0 saturated heterocycles. The number of methoxy groups -OCH3 is 1. The molecule has 0 radical (unpaired) electrons. The smallest absolute Gasteiger partial charge is 0.264 e. The average molecular weight is 383 g/mol. The minimum absolute atomic E-state index is 0.0822. The lowest BCUT2D eigenvalue weighted by Gasteiger charge is -2.11. The van der Waals surface area contributed by atoms with E-state index >= 15 is 0 Å². The number of hydrogen-bond acceptors (Lipinski definition) is 6. The van der Waals surface area contributed by atoms with Crippen LogP contribution in [0.1, 0.15) is 16.7 Å². The highest BCUT2D eigenvalue weighted by Crippen LogP contribution is 2.28. The molecule has 1 aromatic heterocycles. The Morgan fingerprint density at radius 3 is 2.56 bits per heavy atom. The van der Waals surface area contributed by atoms with Crippen molar-refractivity contribution < 1.29 is 14.3 Å². The summed E-state index contributed by atoms with van der Waals surface area (Å²) in [5, 5.41) is 12.0. The van der Waals surface area contributed by atoms with Crippen LogP contribution in [0.5, 0.6) is 11.5 Å². The Morgan fingerprint density at radius 2 is 1.85 bits per heavy atom. The molecule has 27 heavy (non-hydrogen) atoms. The van der Waals surface area contributed by atoms with E-state index in [4.69, 9.17) is 9.47 Å². The first kappa shape index (κ1) is 18.8. The summed E-state index contributed by atoms with van der Waals surface area (Å²) in [5.74, 6) is 1.22. The predicted molar refractivity (Wildman–Crippen MR) is 107 cm³/mol. The summed E-state index contributed by atoms with van der Waals surface area (Å²) in [7, 11) is 1.62. The molecule has 0 aliphatic heterocycles. The second-order valence-corrected chi connectivity index (χ2v) is 7.16. The number of carbonyl (C=O) groups excluding carboxylic acids is 1. The van der Waals surface area contributed by atoms with Gasteiger partial charge in [-0.05, 0) is 67.8 Å². The van der Waals surface area contributed by atoms with Crippen molar-refractivity contribution in [1.29, 1.82) is 0 Å². The molecule has 140 valence electrons. The van der Waals surface area contributed by atoms with Crippen LogP contribution in [0, 0.1) is 20.8 Å². The zero-order valence-electron chi connectivity index (χ0n) is 15.7. The summed E-state index contributed by atoms with van der Waals surface area (Å²) >= 11 is 1.31. The van der Waals surface area contributed by atoms with E-state index in [1.165, 1.54) is 11.3 Å². The third-order valence-corrected chi connectivity index (χ3v) is 5.02. The lowest BCUT2D eigenvalue weighted by Crippen LogP contribution is -2.20. The number of carbonyl (C=O) groups is 1. The SMILES string of the molecule is COc1ccc(-c2nnc(NC(=O)COc3cc(C)cc(C)c3C)s2)cc1. The first-order valence-corrected chi connectivity index (χ1v) is 9.26. The second kappa shape index (κ2) is 8.18. The van der Waals surface area contributed by atoms with Gasteiger partial charge in [0.1, 0.15) is 16.5 Å². The monoisotopic (exact) mass is 383 g/mol. The highest BCUT2D eigenvalue weighted by atomic mass is 32.1. The number of nitrogens with zero attached hydrogens (tertiary/aromatic N) is 2. The van der Waals surface area contributed by atoms with Crippen LogP contribution in [0.3, 0.4) is 0 Å². The van der Waals surface area contributed by atoms with Crippen molar-refractivity contribution in [2.45, 2.75) is 20.8 Å². The second-order valence-electron chi connectivity index (χ2n) is 6.18. The summed E-state index contributed by atoms with van der Waals surface area (Å²) in [6, 6.07) is 11.5. The lowest BCUT2D eigenvalue weighted by atomic mass is 10.1. The van der Waals surface area contributed by atoms with E-state index in [9.17, 15) is 4.79 Å². The number of anilines is 1. The van der Waals surface area contributed by atoms with Crippen LogP contribution < -0.4 is 14.8 Å². The number of hydrogen-bond donors (Lipinski definition) is 1. The number of aryl methyl sites for hydroxylation is 2. The van der Waals surface area contributed by atoms with Crippen molar-refractivity contribution in [1.82, 2.24) is 10.2 Å². The molecule has 0 aliphatic carbocycles. The summed E-state index contributed by atoms with van der Waals surface area (Å²) < 4.78 is 10.8. The summed E-state index contributed by atoms with van der Waals surface area (Å²) in [5.41, 5.74) is 4.18. The average Bonchev–Trinajstić information content (AvgIpc) is 3.12. The van der Waals surface area contributed by atoms with Crippen molar-refractivity contribution in [3.8, 4) is 22.1 Å². The van der Waals surface area contributed by atoms with Crippen LogP contribution in [-0.4, -0.2) is 29.8 Å². The van der Waals surface area contributed by atoms with Crippen LogP contribution in [0.15, 0.2) is 36.4 Å². The number of rotatable bonds is 6. The molecule has 3 aromatic rings. The van der Waals surface area contributed by atoms with Gasteiger partial charge < -0.3 is 9.47 Å². The maximum Gasteiger partial charge on any atom is 0.264 e. The van der Waals surface area contributed by atoms with Gasteiger partial charge in [-0.25, -0.2) is 0 Å². The third kappa shape index (κ3) is 4.62. The molecule has 7 heteroatoms. The largest absolute Gasteiger partial charge is 0.497 e. The fourth-order valence-electron chi connectivity index (χ4n) is 2.57. The van der Waals surface area contributed by atoms with E-state index in [2.05, 4.69) is 21.6 Å². The van der Waals surface area contributed by atoms with Crippen LogP contribution in [-0.2, 0) is 4.79 Å². The molecule has 3 rings (SSSR count). The third-order valence-electron chi connectivity index (χ3n) is 4.13. The molecular weight excluding hydrogens is 362 g/mol. The Balaban J connectivity index is 1.61. The molecule has 0 bridgehead atoms. The highest BCUT2D eigenvalue weighted by Gasteiger charge is 2.12. The molecule has 2 aromatic carbocycles. The molecular formula is C20H21N3O3S. The first-order chi connectivity index (χ1) is 13.0. The van der Waals surface area contributed by atoms with Crippen LogP contribution in [0.4, 0.5) is 5.13 Å². The number of aromatic nitrogens is 2. The maximum atomic E-state index is 12.2. The molecule has 1 heterocycles. The quantitative estimate of drug-likeness (QED) is 0.692. The van der Waals surface area contributed by atoms with E-state index in [1.54, 1.807) is 7.11 Å². The fraction of sp³-hybridized carbons (Fsp3) is 0.250. The fourth-order valence-corrected chi connectivity index (χ4v) is 3.34. The summed E-state index contributed by atoms with van der Waals surface area (Å²) in [6.07, 6.45) is 0. The minimum Gasteiger partial charge on any atom is -0.497 e. The van der Waals surface area contributed by atoms with Crippen molar-refractivity contribution in [3.63, 3.8) is 0 Å². The van der Waals surface area contributed by atoms with Crippen molar-refractivity contribution >= 4 is 22.4 Å². The predicted octanol–water partition coefficient (Wildman–Crippen LogP) is 4.16. The normalized spacial score (nSPS) is 10.5. The molecule has 0 aliphatic rings. The van der Waals surface area contributed by atoms with Crippen LogP contribution >= 0.6 is 11.3 Å². The number of nitrogens with one attached hydrogen (secondary N) is 1. The Bertz CT molecular complexity index is 952. The molecule has 1 amide bonds. The van der Waals surface area contributed by atoms with E-state index in [1.807, 2.05) is 51.1 Å². The van der Waals surface area contributed by atoms with Gasteiger partial charge in [0.2, 0.25) is 5.13 Å². The molecule has 0 atom stereocenters. The molecule has 0 fully saturated rings. The lowest BCUT2D eigenvalue weighted by molar-refractivity contribution is -0.118. The van der Waals surface area contributed by atoms with Gasteiger partial charge in [0.25, 0.3) is 5.91 Å². The van der Waals surface area contributed by atoms with Crippen molar-refractivity contribution in [2.24, 2.45) is 0 Å². The Kier molecular flexibility index (Phi) is 5.71. The van der Waals surface area contributed by atoms with E-state index < -0.39 is 0 Å². The number of amides is 1. The topological polar surface area (TPSA) is 73.3 Å². The zero-order chi connectivity index (χ0) is 19.4. The molecule has 6 nitrogen and oxygen atoms in total. The van der Waals surface area contributed by atoms with E-state index in [0.717, 1.165) is 38.8 Å². The van der Waals surface area contributed by atoms with Gasteiger partial charge >= 0.3 is 0 Å². The Morgan fingerprint density at radius 1 is 1.11 bits per heavy atom. The molecule has 1 N–H and O–H groups in total. The van der Waals surface area contributed by atoms with Crippen LogP contribution in [0.25, 0.3) is 10.6 Å². The van der Waals surface area contributed by atoms with E-state index in [0.29, 0.717) is 5.13 Å². The number of benzene rings is 2. The maximum absolute atomic E-state index is 12.2. The van der Waals surface area contributed by atoms with Gasteiger partial charge in [-0.1, -0.05) is 17.4 Å². The summed E-state index contributed by atoms with van der Waals surface area (Å²) in [6.45, 7) is 5.92. The van der Waals surface area contributed by atoms with Crippen molar-refractivity contribution in [2.75, 3.05) is 19.0 Å². The van der Waals surface area contributed by atoms with E-state index in [-0.39, 0.29) is 12.5 Å². The number of ether oxygens (including phenoxy) is 2. The Labute approximate surface area is 162 Å². The summed E-state index contributed by atoms with van der Waals surface area (Å²) in [4.78, 5) is 12.2. The molecule has 0 unspecified atom stereocenters.